The number of hydrogen-bond donors (Lipinski definition) is 3. The van der Waals surface area contributed by atoms with Crippen molar-refractivity contribution < 1.29 is 44.3 Å². The Balaban J connectivity index is 2.89. The molecular formula is C15H16O9. The van der Waals surface area contributed by atoms with Gasteiger partial charge in [-0.3, -0.25) is 9.68 Å². The zero-order chi connectivity index (χ0) is 18.5. The minimum Gasteiger partial charge on any atom is -0.481 e. The Labute approximate surface area is 136 Å². The molecule has 0 saturated heterocycles. The van der Waals surface area contributed by atoms with E-state index in [1.165, 1.54) is 6.92 Å². The van der Waals surface area contributed by atoms with E-state index in [1.54, 1.807) is 0 Å². The van der Waals surface area contributed by atoms with Crippen LogP contribution in [0.4, 0.5) is 0 Å². The van der Waals surface area contributed by atoms with Gasteiger partial charge in [0, 0.05) is 12.0 Å². The molecule has 0 heterocycles. The summed E-state index contributed by atoms with van der Waals surface area (Å²) in [4.78, 5) is 54.0. The number of carboxylic acids is 3. The fourth-order valence-electron chi connectivity index (χ4n) is 2.02. The molecule has 130 valence electrons. The smallest absolute Gasteiger partial charge is 0.368 e. The number of carbonyl (C=O) groups excluding carboxylic acids is 1. The first-order valence-electron chi connectivity index (χ1n) is 6.72. The first-order chi connectivity index (χ1) is 11.1. The van der Waals surface area contributed by atoms with E-state index in [2.05, 4.69) is 16.4 Å². The molecule has 0 aromatic rings. The highest BCUT2D eigenvalue weighted by Crippen LogP contribution is 2.38. The number of hydrogen-bond acceptors (Lipinski definition) is 6. The average molecular weight is 340 g/mol. The van der Waals surface area contributed by atoms with E-state index in [4.69, 9.17) is 10.2 Å². The maximum atomic E-state index is 11.6. The van der Waals surface area contributed by atoms with Gasteiger partial charge in [0.1, 0.15) is 0 Å². The Bertz CT molecular complexity index is 656. The third-order valence-electron chi connectivity index (χ3n) is 3.42. The van der Waals surface area contributed by atoms with E-state index in [0.717, 1.165) is 12.2 Å². The summed E-state index contributed by atoms with van der Waals surface area (Å²) in [6, 6.07) is 0. The normalized spacial score (nSPS) is 19.7. The van der Waals surface area contributed by atoms with Gasteiger partial charge >= 0.3 is 23.9 Å². The van der Waals surface area contributed by atoms with E-state index in [1.807, 2.05) is 0 Å². The molecule has 1 atom stereocenters. The van der Waals surface area contributed by atoms with E-state index in [9.17, 15) is 24.3 Å². The summed E-state index contributed by atoms with van der Waals surface area (Å²) in [6.45, 7) is 4.40. The van der Waals surface area contributed by atoms with Crippen molar-refractivity contribution in [3.63, 3.8) is 0 Å². The lowest BCUT2D eigenvalue weighted by Crippen LogP contribution is -2.35. The molecule has 0 bridgehead atoms. The molecule has 0 fully saturated rings. The van der Waals surface area contributed by atoms with Gasteiger partial charge in [-0.1, -0.05) is 12.7 Å². The quantitative estimate of drug-likeness (QED) is 0.254. The average Bonchev–Trinajstić information content (AvgIpc) is 2.50. The molecule has 9 heteroatoms. The van der Waals surface area contributed by atoms with Crippen LogP contribution in [0.1, 0.15) is 19.8 Å². The zero-order valence-corrected chi connectivity index (χ0v) is 12.8. The maximum Gasteiger partial charge on any atom is 0.368 e. The molecule has 0 aromatic heterocycles. The lowest BCUT2D eigenvalue weighted by molar-refractivity contribution is -0.270. The number of carbonyl (C=O) groups is 4. The summed E-state index contributed by atoms with van der Waals surface area (Å²) in [7, 11) is 0. The van der Waals surface area contributed by atoms with Gasteiger partial charge in [0.2, 0.25) is 0 Å². The van der Waals surface area contributed by atoms with Crippen molar-refractivity contribution in [2.75, 3.05) is 6.61 Å². The Kier molecular flexibility index (Phi) is 6.01. The fraction of sp³-hybridized carbons (Fsp3) is 0.333. The first-order valence-corrected chi connectivity index (χ1v) is 6.72. The maximum absolute atomic E-state index is 11.6. The largest absolute Gasteiger partial charge is 0.481 e. The van der Waals surface area contributed by atoms with E-state index < -0.39 is 46.9 Å². The van der Waals surface area contributed by atoms with E-state index >= 15 is 0 Å². The van der Waals surface area contributed by atoms with Gasteiger partial charge in [-0.2, -0.15) is 4.89 Å². The summed E-state index contributed by atoms with van der Waals surface area (Å²) in [6.07, 6.45) is 1.29. The second-order valence-corrected chi connectivity index (χ2v) is 5.20. The lowest BCUT2D eigenvalue weighted by Gasteiger charge is -2.29. The highest BCUT2D eigenvalue weighted by atomic mass is 17.2. The van der Waals surface area contributed by atoms with Crippen LogP contribution in [0.2, 0.25) is 0 Å². The fourth-order valence-corrected chi connectivity index (χ4v) is 2.02. The van der Waals surface area contributed by atoms with Gasteiger partial charge in [0.15, 0.2) is 0 Å². The first kappa shape index (κ1) is 19.1. The highest BCUT2D eigenvalue weighted by molar-refractivity contribution is 6.02. The predicted octanol–water partition coefficient (Wildman–Crippen LogP) is 0.924. The van der Waals surface area contributed by atoms with Crippen LogP contribution in [-0.4, -0.2) is 45.8 Å². The highest BCUT2D eigenvalue weighted by Gasteiger charge is 2.42. The third-order valence-corrected chi connectivity index (χ3v) is 3.42. The van der Waals surface area contributed by atoms with E-state index in [0.29, 0.717) is 0 Å². The van der Waals surface area contributed by atoms with Crippen LogP contribution >= 0.6 is 0 Å². The van der Waals surface area contributed by atoms with Crippen LogP contribution < -0.4 is 0 Å². The van der Waals surface area contributed by atoms with Crippen molar-refractivity contribution in [3.8, 4) is 0 Å². The minimum atomic E-state index is -1.68. The second-order valence-electron chi connectivity index (χ2n) is 5.20. The molecule has 0 spiro atoms. The zero-order valence-electron chi connectivity index (χ0n) is 12.8. The van der Waals surface area contributed by atoms with Crippen molar-refractivity contribution >= 4 is 23.9 Å². The number of carboxylic acid groups (broad SMARTS) is 3. The van der Waals surface area contributed by atoms with Gasteiger partial charge in [-0.15, -0.1) is 0 Å². The van der Waals surface area contributed by atoms with Crippen LogP contribution in [0, 0.1) is 5.41 Å². The number of aliphatic carboxylic acids is 3. The van der Waals surface area contributed by atoms with Crippen molar-refractivity contribution in [1.82, 2.24) is 0 Å². The van der Waals surface area contributed by atoms with Gasteiger partial charge in [-0.05, 0) is 19.4 Å². The van der Waals surface area contributed by atoms with Crippen LogP contribution in [-0.2, 0) is 29.0 Å². The number of rotatable bonds is 8. The standard InChI is InChI=1S/C15H16O9/c1-8(2)13(20)24-23-6-5-15(14(21)22)4-3-9(11(16)17)10(7-15)12(18)19/h3-4H,1,5-7H2,2H3,(H,16,17)(H,18,19)(H,21,22). The molecule has 1 rings (SSSR count). The van der Waals surface area contributed by atoms with E-state index in [-0.39, 0.29) is 18.6 Å². The van der Waals surface area contributed by atoms with Gasteiger partial charge in [-0.25, -0.2) is 14.4 Å². The molecule has 24 heavy (non-hydrogen) atoms. The molecule has 0 amide bonds. The van der Waals surface area contributed by atoms with Crippen LogP contribution in [0.3, 0.4) is 0 Å². The molecule has 0 aromatic carbocycles. The second kappa shape index (κ2) is 7.55. The molecule has 0 radical (unpaired) electrons. The summed E-state index contributed by atoms with van der Waals surface area (Å²) < 4.78 is 0. The summed E-state index contributed by atoms with van der Waals surface area (Å²) in [5.41, 5.74) is -2.59. The minimum absolute atomic E-state index is 0.0858. The lowest BCUT2D eigenvalue weighted by atomic mass is 9.74. The van der Waals surface area contributed by atoms with Gasteiger partial charge in [0.05, 0.1) is 23.2 Å². The molecule has 1 aliphatic carbocycles. The molecule has 9 nitrogen and oxygen atoms in total. The topological polar surface area (TPSA) is 147 Å². The Hall–Kier alpha value is -2.94. The molecule has 1 unspecified atom stereocenters. The molecule has 3 N–H and O–H groups in total. The summed E-state index contributed by atoms with van der Waals surface area (Å²) in [5, 5.41) is 27.5. The Morgan fingerprint density at radius 3 is 2.29 bits per heavy atom. The Morgan fingerprint density at radius 2 is 1.83 bits per heavy atom. The van der Waals surface area contributed by atoms with Crippen molar-refractivity contribution in [3.05, 3.63) is 35.5 Å². The molecule has 0 saturated carbocycles. The monoisotopic (exact) mass is 340 g/mol. The predicted molar refractivity (Wildman–Crippen MR) is 77.6 cm³/mol. The SMILES string of the molecule is C=C(C)C(=O)OOCCC1(C(=O)O)C=CC(C(=O)O)=C(C(=O)O)C1. The van der Waals surface area contributed by atoms with Crippen molar-refractivity contribution in [2.24, 2.45) is 5.41 Å². The Morgan fingerprint density at radius 1 is 1.21 bits per heavy atom. The van der Waals surface area contributed by atoms with Crippen LogP contribution in [0.15, 0.2) is 35.5 Å². The summed E-state index contributed by atoms with van der Waals surface area (Å²) >= 11 is 0. The van der Waals surface area contributed by atoms with Crippen LogP contribution in [0.25, 0.3) is 0 Å². The summed E-state index contributed by atoms with van der Waals surface area (Å²) in [5.74, 6) is -5.15. The molecule has 0 aliphatic heterocycles. The molecular weight excluding hydrogens is 324 g/mol. The third kappa shape index (κ3) is 4.29. The molecule has 1 aliphatic rings. The van der Waals surface area contributed by atoms with Gasteiger partial charge < -0.3 is 15.3 Å². The van der Waals surface area contributed by atoms with Gasteiger partial charge in [0.25, 0.3) is 0 Å². The van der Waals surface area contributed by atoms with Crippen LogP contribution in [0.5, 0.6) is 0 Å². The van der Waals surface area contributed by atoms with Crippen molar-refractivity contribution in [1.29, 1.82) is 0 Å². The van der Waals surface area contributed by atoms with Crippen molar-refractivity contribution in [2.45, 2.75) is 19.8 Å².